The third-order valence-electron chi connectivity index (χ3n) is 4.55. The molecule has 1 aliphatic rings. The van der Waals surface area contributed by atoms with E-state index >= 15 is 0 Å². The minimum atomic E-state index is -0.0356. The van der Waals surface area contributed by atoms with Crippen LogP contribution in [0.3, 0.4) is 0 Å². The molecule has 2 heterocycles. The van der Waals surface area contributed by atoms with Crippen molar-refractivity contribution in [3.63, 3.8) is 0 Å². The number of aryl methyl sites for hydroxylation is 1. The monoisotopic (exact) mass is 340 g/mol. The molecule has 3 rings (SSSR count). The number of carbonyl (C=O) groups excluding carboxylic acids is 1. The third kappa shape index (κ3) is 4.26. The van der Waals surface area contributed by atoms with Gasteiger partial charge in [-0.15, -0.1) is 5.10 Å². The molecule has 1 N–H and O–H groups in total. The average Bonchev–Trinajstić information content (AvgIpc) is 2.67. The van der Waals surface area contributed by atoms with Crippen molar-refractivity contribution in [3.8, 4) is 5.75 Å². The number of ether oxygens (including phenoxy) is 1. The zero-order valence-corrected chi connectivity index (χ0v) is 14.7. The third-order valence-corrected chi connectivity index (χ3v) is 4.55. The number of carbonyl (C=O) groups is 1. The highest BCUT2D eigenvalue weighted by molar-refractivity contribution is 5.79. The van der Waals surface area contributed by atoms with Crippen molar-refractivity contribution in [2.24, 2.45) is 5.92 Å². The first-order valence-electron chi connectivity index (χ1n) is 8.62. The summed E-state index contributed by atoms with van der Waals surface area (Å²) in [5, 5.41) is 11.4. The van der Waals surface area contributed by atoms with Crippen LogP contribution in [0.2, 0.25) is 0 Å². The minimum absolute atomic E-state index is 0.0356. The predicted molar refractivity (Wildman–Crippen MR) is 96.5 cm³/mol. The number of anilines is 1. The van der Waals surface area contributed by atoms with Gasteiger partial charge in [-0.05, 0) is 38.0 Å². The number of aromatic nitrogens is 2. The molecule has 0 spiro atoms. The van der Waals surface area contributed by atoms with Gasteiger partial charge in [-0.3, -0.25) is 4.79 Å². The summed E-state index contributed by atoms with van der Waals surface area (Å²) in [7, 11) is 1.64. The Kier molecular flexibility index (Phi) is 5.48. The average molecular weight is 340 g/mol. The van der Waals surface area contributed by atoms with Gasteiger partial charge in [0, 0.05) is 25.2 Å². The number of para-hydroxylation sites is 1. The fourth-order valence-corrected chi connectivity index (χ4v) is 3.14. The molecule has 0 saturated carbocycles. The van der Waals surface area contributed by atoms with Crippen molar-refractivity contribution >= 4 is 11.7 Å². The van der Waals surface area contributed by atoms with Gasteiger partial charge in [0.05, 0.1) is 18.7 Å². The normalized spacial score (nSPS) is 17.2. The first kappa shape index (κ1) is 17.2. The molecule has 1 aliphatic heterocycles. The molecule has 1 aromatic carbocycles. The van der Waals surface area contributed by atoms with Crippen molar-refractivity contribution in [2.45, 2.75) is 26.3 Å². The van der Waals surface area contributed by atoms with Gasteiger partial charge >= 0.3 is 0 Å². The lowest BCUT2D eigenvalue weighted by Crippen LogP contribution is -2.43. The summed E-state index contributed by atoms with van der Waals surface area (Å²) < 4.78 is 5.33. The maximum Gasteiger partial charge on any atom is 0.225 e. The Morgan fingerprint density at radius 3 is 2.88 bits per heavy atom. The number of hydrogen-bond acceptors (Lipinski definition) is 5. The molecule has 6 heteroatoms. The van der Waals surface area contributed by atoms with Crippen LogP contribution < -0.4 is 15.0 Å². The van der Waals surface area contributed by atoms with Gasteiger partial charge in [-0.1, -0.05) is 18.2 Å². The van der Waals surface area contributed by atoms with E-state index in [1.807, 2.05) is 43.3 Å². The lowest BCUT2D eigenvalue weighted by molar-refractivity contribution is -0.125. The van der Waals surface area contributed by atoms with Gasteiger partial charge in [0.15, 0.2) is 5.82 Å². The predicted octanol–water partition coefficient (Wildman–Crippen LogP) is 2.33. The Morgan fingerprint density at radius 2 is 2.12 bits per heavy atom. The van der Waals surface area contributed by atoms with Crippen LogP contribution in [0.25, 0.3) is 0 Å². The largest absolute Gasteiger partial charge is 0.496 e. The summed E-state index contributed by atoms with van der Waals surface area (Å²) in [6.07, 6.45) is 1.87. The summed E-state index contributed by atoms with van der Waals surface area (Å²) in [6.45, 7) is 3.98. The SMILES string of the molecule is COc1ccccc1CNC(=O)C1CCCN(c2ccc(C)nn2)C1. The molecule has 1 unspecified atom stereocenters. The number of rotatable bonds is 5. The zero-order chi connectivity index (χ0) is 17.6. The highest BCUT2D eigenvalue weighted by Crippen LogP contribution is 2.22. The molecule has 1 fully saturated rings. The smallest absolute Gasteiger partial charge is 0.225 e. The van der Waals surface area contributed by atoms with Crippen LogP contribution in [0.4, 0.5) is 5.82 Å². The molecular formula is C19H24N4O2. The fraction of sp³-hybridized carbons (Fsp3) is 0.421. The lowest BCUT2D eigenvalue weighted by atomic mass is 9.97. The van der Waals surface area contributed by atoms with Crippen molar-refractivity contribution in [1.29, 1.82) is 0 Å². The second kappa shape index (κ2) is 7.96. The van der Waals surface area contributed by atoms with E-state index in [4.69, 9.17) is 4.74 Å². The number of methoxy groups -OCH3 is 1. The van der Waals surface area contributed by atoms with Gasteiger partial charge in [-0.2, -0.15) is 5.10 Å². The van der Waals surface area contributed by atoms with Gasteiger partial charge in [0.2, 0.25) is 5.91 Å². The number of piperidine rings is 1. The van der Waals surface area contributed by atoms with Crippen LogP contribution in [0.15, 0.2) is 36.4 Å². The minimum Gasteiger partial charge on any atom is -0.496 e. The van der Waals surface area contributed by atoms with Crippen LogP contribution in [0, 0.1) is 12.8 Å². The Balaban J connectivity index is 1.59. The molecule has 1 atom stereocenters. The number of nitrogens with zero attached hydrogens (tertiary/aromatic N) is 3. The first-order valence-corrected chi connectivity index (χ1v) is 8.62. The van der Waals surface area contributed by atoms with E-state index in [1.165, 1.54) is 0 Å². The van der Waals surface area contributed by atoms with E-state index in [-0.39, 0.29) is 11.8 Å². The molecule has 1 aromatic heterocycles. The summed E-state index contributed by atoms with van der Waals surface area (Å²) in [4.78, 5) is 14.7. The van der Waals surface area contributed by atoms with E-state index in [0.29, 0.717) is 13.1 Å². The molecule has 1 saturated heterocycles. The van der Waals surface area contributed by atoms with Gasteiger partial charge in [-0.25, -0.2) is 0 Å². The van der Waals surface area contributed by atoms with Crippen LogP contribution >= 0.6 is 0 Å². The molecule has 2 aromatic rings. The van der Waals surface area contributed by atoms with Crippen LogP contribution in [-0.2, 0) is 11.3 Å². The summed E-state index contributed by atoms with van der Waals surface area (Å²) in [6, 6.07) is 11.7. The summed E-state index contributed by atoms with van der Waals surface area (Å²) in [5.41, 5.74) is 1.88. The van der Waals surface area contributed by atoms with Gasteiger partial charge < -0.3 is 15.0 Å². The highest BCUT2D eigenvalue weighted by atomic mass is 16.5. The standard InChI is InChI=1S/C19H24N4O2/c1-14-9-10-18(22-21-14)23-11-5-7-16(13-23)19(24)20-12-15-6-3-4-8-17(15)25-2/h3-4,6,8-10,16H,5,7,11-13H2,1-2H3,(H,20,24). The molecule has 132 valence electrons. The van der Waals surface area contributed by atoms with E-state index in [9.17, 15) is 4.79 Å². The molecule has 0 bridgehead atoms. The van der Waals surface area contributed by atoms with Crippen molar-refractivity contribution in [3.05, 3.63) is 47.7 Å². The van der Waals surface area contributed by atoms with Crippen molar-refractivity contribution in [1.82, 2.24) is 15.5 Å². The van der Waals surface area contributed by atoms with Crippen molar-refractivity contribution < 1.29 is 9.53 Å². The Labute approximate surface area is 148 Å². The molecule has 0 radical (unpaired) electrons. The second-order valence-electron chi connectivity index (χ2n) is 6.35. The fourth-order valence-electron chi connectivity index (χ4n) is 3.14. The topological polar surface area (TPSA) is 67.3 Å². The summed E-state index contributed by atoms with van der Waals surface area (Å²) >= 11 is 0. The van der Waals surface area contributed by atoms with Crippen molar-refractivity contribution in [2.75, 3.05) is 25.1 Å². The number of benzene rings is 1. The van der Waals surface area contributed by atoms with E-state index in [2.05, 4.69) is 20.4 Å². The molecule has 6 nitrogen and oxygen atoms in total. The molecule has 25 heavy (non-hydrogen) atoms. The zero-order valence-electron chi connectivity index (χ0n) is 14.7. The Morgan fingerprint density at radius 1 is 1.28 bits per heavy atom. The quantitative estimate of drug-likeness (QED) is 0.905. The molecule has 0 aliphatic carbocycles. The van der Waals surface area contributed by atoms with E-state index in [0.717, 1.165) is 42.2 Å². The molecular weight excluding hydrogens is 316 g/mol. The van der Waals surface area contributed by atoms with Crippen LogP contribution in [0.1, 0.15) is 24.1 Å². The van der Waals surface area contributed by atoms with E-state index in [1.54, 1.807) is 7.11 Å². The van der Waals surface area contributed by atoms with Gasteiger partial charge in [0.1, 0.15) is 5.75 Å². The molecule has 1 amide bonds. The maximum absolute atomic E-state index is 12.6. The number of hydrogen-bond donors (Lipinski definition) is 1. The number of amides is 1. The van der Waals surface area contributed by atoms with E-state index < -0.39 is 0 Å². The maximum atomic E-state index is 12.6. The van der Waals surface area contributed by atoms with Gasteiger partial charge in [0.25, 0.3) is 0 Å². The Bertz CT molecular complexity index is 718. The first-order chi connectivity index (χ1) is 12.2. The van der Waals surface area contributed by atoms with Crippen LogP contribution in [0.5, 0.6) is 5.75 Å². The van der Waals surface area contributed by atoms with Crippen LogP contribution in [-0.4, -0.2) is 36.3 Å². The highest BCUT2D eigenvalue weighted by Gasteiger charge is 2.26. The Hall–Kier alpha value is -2.63. The summed E-state index contributed by atoms with van der Waals surface area (Å²) in [5.74, 6) is 1.68. The second-order valence-corrected chi connectivity index (χ2v) is 6.35. The lowest BCUT2D eigenvalue weighted by Gasteiger charge is -2.32. The number of nitrogens with one attached hydrogen (secondary N) is 1.